The first-order valence-corrected chi connectivity index (χ1v) is 17.8. The number of carbonyl (C=O) groups excluding carboxylic acids is 4. The molecule has 0 bridgehead atoms. The van der Waals surface area contributed by atoms with E-state index in [1.54, 1.807) is 25.7 Å². The van der Waals surface area contributed by atoms with Crippen molar-refractivity contribution in [3.05, 3.63) is 35.4 Å². The maximum atomic E-state index is 14.1. The Morgan fingerprint density at radius 3 is 1.78 bits per heavy atom. The SMILES string of the molecule is CCCCCCN(CCCCCC)C(=O)C(C)NC(=O)[C@@H](NC(=O)[C@H](Cc1ccc(C(F)(F)P(=O)(O)O)cc1)NC(C)=O)C(C)C. The highest BCUT2D eigenvalue weighted by Gasteiger charge is 2.50. The van der Waals surface area contributed by atoms with Gasteiger partial charge in [0.2, 0.25) is 23.6 Å². The number of hydrogen-bond acceptors (Lipinski definition) is 5. The summed E-state index contributed by atoms with van der Waals surface area (Å²) in [6.07, 6.45) is 7.93. The lowest BCUT2D eigenvalue weighted by Gasteiger charge is -2.29. The van der Waals surface area contributed by atoms with Crippen molar-refractivity contribution in [1.82, 2.24) is 20.9 Å². The molecule has 0 heterocycles. The number of rotatable bonds is 21. The third-order valence-corrected chi connectivity index (χ3v) is 8.64. The summed E-state index contributed by atoms with van der Waals surface area (Å²) >= 11 is 0. The number of halogens is 2. The molecule has 0 saturated heterocycles. The molecule has 5 N–H and O–H groups in total. The number of hydrogen-bond donors (Lipinski definition) is 5. The highest BCUT2D eigenvalue weighted by atomic mass is 31.2. The van der Waals surface area contributed by atoms with Crippen molar-refractivity contribution >= 4 is 31.2 Å². The van der Waals surface area contributed by atoms with Crippen LogP contribution in [0.3, 0.4) is 0 Å². The van der Waals surface area contributed by atoms with E-state index in [-0.39, 0.29) is 12.3 Å². The highest BCUT2D eigenvalue weighted by Crippen LogP contribution is 2.59. The second-order valence-electron chi connectivity index (χ2n) is 12.1. The zero-order chi connectivity index (χ0) is 35.1. The normalized spacial score (nSPS) is 13.9. The van der Waals surface area contributed by atoms with Gasteiger partial charge in [0.15, 0.2) is 0 Å². The molecule has 1 unspecified atom stereocenters. The Morgan fingerprint density at radius 2 is 1.35 bits per heavy atom. The van der Waals surface area contributed by atoms with Crippen LogP contribution in [-0.4, -0.2) is 69.5 Å². The van der Waals surface area contributed by atoms with Crippen LogP contribution in [0.25, 0.3) is 0 Å². The molecule has 11 nitrogen and oxygen atoms in total. The molecule has 1 aromatic carbocycles. The van der Waals surface area contributed by atoms with Gasteiger partial charge in [-0.1, -0.05) is 90.5 Å². The van der Waals surface area contributed by atoms with Crippen LogP contribution in [0.5, 0.6) is 0 Å². The average molecular weight is 675 g/mol. The number of carbonyl (C=O) groups is 4. The maximum Gasteiger partial charge on any atom is 0.399 e. The standard InChI is InChI=1S/C32H53F2N4O7P/c1-7-9-11-13-19-38(20-14-12-10-8-2)31(42)23(5)35-30(41)28(22(3)4)37-29(40)27(36-24(6)39)21-25-15-17-26(18-16-25)32(33,34)46(43,44)45/h15-18,22-23,27-28H,7-14,19-21H2,1-6H3,(H,35,41)(H,36,39)(H,37,40)(H2,43,44,45)/t23?,27-,28-/m0/s1. The molecular weight excluding hydrogens is 621 g/mol. The predicted octanol–water partition coefficient (Wildman–Crippen LogP) is 4.60. The third kappa shape index (κ3) is 13.5. The van der Waals surface area contributed by atoms with Gasteiger partial charge in [0.05, 0.1) is 0 Å². The number of amides is 4. The minimum atomic E-state index is -5.76. The van der Waals surface area contributed by atoms with E-state index >= 15 is 0 Å². The summed E-state index contributed by atoms with van der Waals surface area (Å²) in [4.78, 5) is 71.7. The minimum Gasteiger partial charge on any atom is -0.344 e. The number of benzene rings is 1. The summed E-state index contributed by atoms with van der Waals surface area (Å²) in [7, 11) is -5.76. The average Bonchev–Trinajstić information content (AvgIpc) is 2.97. The van der Waals surface area contributed by atoms with Gasteiger partial charge in [0.25, 0.3) is 0 Å². The summed E-state index contributed by atoms with van der Waals surface area (Å²) < 4.78 is 39.3. The molecule has 3 atom stereocenters. The Labute approximate surface area is 271 Å². The topological polar surface area (TPSA) is 165 Å². The smallest absolute Gasteiger partial charge is 0.344 e. The molecule has 14 heteroatoms. The molecule has 0 spiro atoms. The van der Waals surface area contributed by atoms with Crippen molar-refractivity contribution in [2.24, 2.45) is 5.92 Å². The number of nitrogens with zero attached hydrogens (tertiary/aromatic N) is 1. The number of alkyl halides is 2. The van der Waals surface area contributed by atoms with Crippen molar-refractivity contribution in [2.45, 2.75) is 123 Å². The van der Waals surface area contributed by atoms with Crippen LogP contribution < -0.4 is 16.0 Å². The molecule has 4 amide bonds. The lowest BCUT2D eigenvalue weighted by molar-refractivity contribution is -0.137. The van der Waals surface area contributed by atoms with Crippen molar-refractivity contribution in [3.63, 3.8) is 0 Å². The molecule has 0 aliphatic rings. The molecule has 0 saturated carbocycles. The zero-order valence-corrected chi connectivity index (χ0v) is 28.9. The Kier molecular flexibility index (Phi) is 17.6. The number of unbranched alkanes of at least 4 members (excludes halogenated alkanes) is 6. The first kappa shape index (κ1) is 41.1. The lowest BCUT2D eigenvalue weighted by Crippen LogP contribution is -2.58. The van der Waals surface area contributed by atoms with E-state index in [1.165, 1.54) is 19.1 Å². The fourth-order valence-corrected chi connectivity index (χ4v) is 5.40. The molecule has 0 aromatic heterocycles. The quantitative estimate of drug-likeness (QED) is 0.0940. The Balaban J connectivity index is 3.02. The molecule has 1 aromatic rings. The van der Waals surface area contributed by atoms with Gasteiger partial charge < -0.3 is 30.6 Å². The van der Waals surface area contributed by atoms with Gasteiger partial charge in [-0.05, 0) is 31.2 Å². The third-order valence-electron chi connectivity index (χ3n) is 7.65. The summed E-state index contributed by atoms with van der Waals surface area (Å²) in [6.45, 7) is 11.7. The summed E-state index contributed by atoms with van der Waals surface area (Å²) in [6, 6.07) is 0.965. The fraction of sp³-hybridized carbons (Fsp3) is 0.688. The van der Waals surface area contributed by atoms with Gasteiger partial charge in [0.1, 0.15) is 18.1 Å². The van der Waals surface area contributed by atoms with Crippen molar-refractivity contribution < 1.29 is 42.3 Å². The van der Waals surface area contributed by atoms with E-state index in [2.05, 4.69) is 29.8 Å². The first-order chi connectivity index (χ1) is 21.5. The Hall–Kier alpha value is -2.89. The second kappa shape index (κ2) is 19.7. The van der Waals surface area contributed by atoms with Crippen LogP contribution in [0.2, 0.25) is 0 Å². The molecule has 0 aliphatic carbocycles. The molecule has 0 aliphatic heterocycles. The summed E-state index contributed by atoms with van der Waals surface area (Å²) in [5.41, 5.74) is -4.97. The van der Waals surface area contributed by atoms with Gasteiger partial charge >= 0.3 is 13.3 Å². The van der Waals surface area contributed by atoms with Crippen LogP contribution in [0.15, 0.2) is 24.3 Å². The number of nitrogens with one attached hydrogen (secondary N) is 3. The molecule has 1 rings (SSSR count). The predicted molar refractivity (Wildman–Crippen MR) is 173 cm³/mol. The van der Waals surface area contributed by atoms with E-state index < -0.39 is 60.6 Å². The zero-order valence-electron chi connectivity index (χ0n) is 28.0. The van der Waals surface area contributed by atoms with Gasteiger partial charge in [-0.25, -0.2) is 0 Å². The minimum absolute atomic E-state index is 0.153. The van der Waals surface area contributed by atoms with E-state index in [0.717, 1.165) is 63.5 Å². The summed E-state index contributed by atoms with van der Waals surface area (Å²) in [5.74, 6) is -2.41. The van der Waals surface area contributed by atoms with Crippen LogP contribution in [-0.2, 0) is 35.8 Å². The lowest BCUT2D eigenvalue weighted by atomic mass is 10.00. The Morgan fingerprint density at radius 1 is 0.826 bits per heavy atom. The molecule has 262 valence electrons. The van der Waals surface area contributed by atoms with Gasteiger partial charge in [0, 0.05) is 32.0 Å². The molecular formula is C32H53F2N4O7P. The van der Waals surface area contributed by atoms with Crippen LogP contribution >= 0.6 is 7.60 Å². The summed E-state index contributed by atoms with van der Waals surface area (Å²) in [5, 5.41) is 7.89. The monoisotopic (exact) mass is 674 g/mol. The van der Waals surface area contributed by atoms with Crippen molar-refractivity contribution in [1.29, 1.82) is 0 Å². The Bertz CT molecular complexity index is 1170. The van der Waals surface area contributed by atoms with E-state index in [1.807, 2.05) is 0 Å². The highest BCUT2D eigenvalue weighted by molar-refractivity contribution is 7.52. The van der Waals surface area contributed by atoms with Crippen LogP contribution in [0.4, 0.5) is 8.78 Å². The van der Waals surface area contributed by atoms with Gasteiger partial charge in [-0.15, -0.1) is 0 Å². The molecule has 0 fully saturated rings. The van der Waals surface area contributed by atoms with Crippen LogP contribution in [0, 0.1) is 5.92 Å². The van der Waals surface area contributed by atoms with Crippen LogP contribution in [0.1, 0.15) is 104 Å². The van der Waals surface area contributed by atoms with Gasteiger partial charge in [-0.2, -0.15) is 8.78 Å². The van der Waals surface area contributed by atoms with Crippen molar-refractivity contribution in [3.8, 4) is 0 Å². The molecule has 0 radical (unpaired) electrons. The maximum absolute atomic E-state index is 14.1. The second-order valence-corrected chi connectivity index (χ2v) is 13.8. The van der Waals surface area contributed by atoms with E-state index in [0.29, 0.717) is 18.7 Å². The van der Waals surface area contributed by atoms with Crippen molar-refractivity contribution in [2.75, 3.05) is 13.1 Å². The molecule has 46 heavy (non-hydrogen) atoms. The van der Waals surface area contributed by atoms with E-state index in [9.17, 15) is 32.5 Å². The van der Waals surface area contributed by atoms with E-state index in [4.69, 9.17) is 9.79 Å². The first-order valence-electron chi connectivity index (χ1n) is 16.2. The fourth-order valence-electron chi connectivity index (χ4n) is 4.92. The van der Waals surface area contributed by atoms with Gasteiger partial charge in [-0.3, -0.25) is 23.7 Å². The largest absolute Gasteiger partial charge is 0.399 e.